The maximum atomic E-state index is 8.74. The number of aromatic nitrogens is 1. The SMILES string of the molecule is N[C@H](CO)c1nc(Cl)ccc1Cl. The van der Waals surface area contributed by atoms with Crippen molar-refractivity contribution in [1.29, 1.82) is 0 Å². The van der Waals surface area contributed by atoms with Crippen molar-refractivity contribution in [3.63, 3.8) is 0 Å². The zero-order chi connectivity index (χ0) is 9.14. The molecule has 3 N–H and O–H groups in total. The molecular formula is C7H8Cl2N2O. The van der Waals surface area contributed by atoms with E-state index in [1.807, 2.05) is 0 Å². The van der Waals surface area contributed by atoms with Gasteiger partial charge < -0.3 is 10.8 Å². The Kier molecular flexibility index (Phi) is 3.29. The second kappa shape index (κ2) is 4.05. The number of halogens is 2. The van der Waals surface area contributed by atoms with Crippen LogP contribution in [0, 0.1) is 0 Å². The molecular weight excluding hydrogens is 199 g/mol. The van der Waals surface area contributed by atoms with Crippen LogP contribution in [0.5, 0.6) is 0 Å². The Hall–Kier alpha value is -0.350. The molecule has 1 rings (SSSR count). The molecule has 5 heteroatoms. The number of aliphatic hydroxyl groups is 1. The third kappa shape index (κ3) is 2.08. The van der Waals surface area contributed by atoms with Crippen molar-refractivity contribution in [2.24, 2.45) is 5.73 Å². The van der Waals surface area contributed by atoms with Crippen LogP contribution in [0.15, 0.2) is 12.1 Å². The zero-order valence-electron chi connectivity index (χ0n) is 6.17. The first-order valence-corrected chi connectivity index (χ1v) is 4.09. The summed E-state index contributed by atoms with van der Waals surface area (Å²) in [7, 11) is 0. The van der Waals surface area contributed by atoms with Crippen molar-refractivity contribution in [2.45, 2.75) is 6.04 Å². The van der Waals surface area contributed by atoms with Gasteiger partial charge in [-0.2, -0.15) is 0 Å². The summed E-state index contributed by atoms with van der Waals surface area (Å²) >= 11 is 11.4. The van der Waals surface area contributed by atoms with Crippen molar-refractivity contribution in [1.82, 2.24) is 4.98 Å². The summed E-state index contributed by atoms with van der Waals surface area (Å²) in [5.41, 5.74) is 5.93. The van der Waals surface area contributed by atoms with Gasteiger partial charge in [0.05, 0.1) is 23.4 Å². The Labute approximate surface area is 80.1 Å². The van der Waals surface area contributed by atoms with E-state index >= 15 is 0 Å². The topological polar surface area (TPSA) is 59.1 Å². The lowest BCUT2D eigenvalue weighted by Gasteiger charge is -2.08. The molecule has 66 valence electrons. The molecule has 0 saturated carbocycles. The first-order valence-electron chi connectivity index (χ1n) is 3.33. The minimum Gasteiger partial charge on any atom is -0.394 e. The molecule has 1 heterocycles. The third-order valence-corrected chi connectivity index (χ3v) is 1.92. The largest absolute Gasteiger partial charge is 0.394 e. The highest BCUT2D eigenvalue weighted by molar-refractivity contribution is 6.32. The monoisotopic (exact) mass is 206 g/mol. The minimum absolute atomic E-state index is 0.201. The quantitative estimate of drug-likeness (QED) is 0.720. The van der Waals surface area contributed by atoms with Gasteiger partial charge in [0, 0.05) is 0 Å². The highest BCUT2D eigenvalue weighted by Gasteiger charge is 2.10. The Morgan fingerprint density at radius 1 is 1.50 bits per heavy atom. The highest BCUT2D eigenvalue weighted by atomic mass is 35.5. The molecule has 0 bridgehead atoms. The maximum absolute atomic E-state index is 8.74. The van der Waals surface area contributed by atoms with E-state index in [1.54, 1.807) is 12.1 Å². The molecule has 1 atom stereocenters. The van der Waals surface area contributed by atoms with Crippen LogP contribution in [-0.2, 0) is 0 Å². The summed E-state index contributed by atoms with van der Waals surface area (Å²) < 4.78 is 0. The van der Waals surface area contributed by atoms with E-state index in [9.17, 15) is 0 Å². The Bertz CT molecular complexity index is 280. The van der Waals surface area contributed by atoms with Crippen LogP contribution in [0.3, 0.4) is 0 Å². The second-order valence-electron chi connectivity index (χ2n) is 2.29. The number of hydrogen-bond donors (Lipinski definition) is 2. The van der Waals surface area contributed by atoms with E-state index in [0.29, 0.717) is 15.9 Å². The van der Waals surface area contributed by atoms with Gasteiger partial charge in [-0.25, -0.2) is 4.98 Å². The molecule has 0 aliphatic rings. The summed E-state index contributed by atoms with van der Waals surface area (Å²) in [6.45, 7) is -0.201. The minimum atomic E-state index is -0.573. The number of pyridine rings is 1. The zero-order valence-corrected chi connectivity index (χ0v) is 7.68. The maximum Gasteiger partial charge on any atom is 0.129 e. The van der Waals surface area contributed by atoms with Crippen LogP contribution >= 0.6 is 23.2 Å². The fourth-order valence-electron chi connectivity index (χ4n) is 0.780. The van der Waals surface area contributed by atoms with Crippen LogP contribution in [0.4, 0.5) is 0 Å². The summed E-state index contributed by atoms with van der Waals surface area (Å²) in [5, 5.41) is 9.47. The molecule has 0 spiro atoms. The van der Waals surface area contributed by atoms with Gasteiger partial charge in [-0.15, -0.1) is 0 Å². The Morgan fingerprint density at radius 2 is 2.17 bits per heavy atom. The molecule has 0 aromatic carbocycles. The molecule has 3 nitrogen and oxygen atoms in total. The lowest BCUT2D eigenvalue weighted by atomic mass is 10.2. The van der Waals surface area contributed by atoms with Crippen LogP contribution in [0.2, 0.25) is 10.2 Å². The molecule has 0 saturated heterocycles. The lowest BCUT2D eigenvalue weighted by molar-refractivity contribution is 0.266. The molecule has 0 radical (unpaired) electrons. The van der Waals surface area contributed by atoms with Crippen molar-refractivity contribution in [2.75, 3.05) is 6.61 Å². The normalized spacial score (nSPS) is 13.0. The van der Waals surface area contributed by atoms with E-state index in [1.165, 1.54) is 0 Å². The summed E-state index contributed by atoms with van der Waals surface area (Å²) in [4.78, 5) is 3.89. The molecule has 1 aromatic rings. The first kappa shape index (κ1) is 9.74. The molecule has 12 heavy (non-hydrogen) atoms. The second-order valence-corrected chi connectivity index (χ2v) is 3.08. The van der Waals surface area contributed by atoms with Crippen LogP contribution in [-0.4, -0.2) is 16.7 Å². The van der Waals surface area contributed by atoms with E-state index in [-0.39, 0.29) is 6.61 Å². The van der Waals surface area contributed by atoms with Crippen LogP contribution in [0.25, 0.3) is 0 Å². The van der Waals surface area contributed by atoms with Gasteiger partial charge >= 0.3 is 0 Å². The summed E-state index contributed by atoms with van der Waals surface area (Å²) in [5.74, 6) is 0. The number of nitrogens with zero attached hydrogens (tertiary/aromatic N) is 1. The summed E-state index contributed by atoms with van der Waals surface area (Å²) in [6.07, 6.45) is 0. The molecule has 0 aliphatic heterocycles. The average molecular weight is 207 g/mol. The lowest BCUT2D eigenvalue weighted by Crippen LogP contribution is -2.16. The number of nitrogens with two attached hydrogens (primary N) is 1. The molecule has 0 amide bonds. The fourth-order valence-corrected chi connectivity index (χ4v) is 1.18. The van der Waals surface area contributed by atoms with Crippen molar-refractivity contribution >= 4 is 23.2 Å². The van der Waals surface area contributed by atoms with Gasteiger partial charge in [0.15, 0.2) is 0 Å². The van der Waals surface area contributed by atoms with Crippen LogP contribution in [0.1, 0.15) is 11.7 Å². The van der Waals surface area contributed by atoms with Crippen molar-refractivity contribution in [3.05, 3.63) is 28.0 Å². The van der Waals surface area contributed by atoms with E-state index < -0.39 is 6.04 Å². The first-order chi connectivity index (χ1) is 5.65. The molecule has 1 aromatic heterocycles. The van der Waals surface area contributed by atoms with Gasteiger partial charge in [0.2, 0.25) is 0 Å². The van der Waals surface area contributed by atoms with Gasteiger partial charge in [0.25, 0.3) is 0 Å². The van der Waals surface area contributed by atoms with Crippen molar-refractivity contribution < 1.29 is 5.11 Å². The molecule has 0 aliphatic carbocycles. The predicted molar refractivity (Wildman–Crippen MR) is 48.3 cm³/mol. The highest BCUT2D eigenvalue weighted by Crippen LogP contribution is 2.21. The van der Waals surface area contributed by atoms with Gasteiger partial charge in [-0.1, -0.05) is 23.2 Å². The van der Waals surface area contributed by atoms with Gasteiger partial charge in [0.1, 0.15) is 5.15 Å². The summed E-state index contributed by atoms with van der Waals surface area (Å²) in [6, 6.07) is 2.59. The number of rotatable bonds is 2. The third-order valence-electron chi connectivity index (χ3n) is 1.39. The van der Waals surface area contributed by atoms with E-state index in [2.05, 4.69) is 4.98 Å². The van der Waals surface area contributed by atoms with E-state index in [4.69, 9.17) is 34.0 Å². The van der Waals surface area contributed by atoms with Gasteiger partial charge in [-0.05, 0) is 12.1 Å². The number of hydrogen-bond acceptors (Lipinski definition) is 3. The van der Waals surface area contributed by atoms with Crippen molar-refractivity contribution in [3.8, 4) is 0 Å². The molecule has 0 fully saturated rings. The van der Waals surface area contributed by atoms with Gasteiger partial charge in [-0.3, -0.25) is 0 Å². The standard InChI is InChI=1S/C7H8Cl2N2O/c8-4-1-2-6(9)11-7(4)5(10)3-12/h1-2,5,12H,3,10H2/t5-/m1/s1. The average Bonchev–Trinajstić information content (AvgIpc) is 2.08. The predicted octanol–water partition coefficient (Wildman–Crippen LogP) is 1.38. The Morgan fingerprint density at radius 3 is 2.75 bits per heavy atom. The van der Waals surface area contributed by atoms with E-state index in [0.717, 1.165) is 0 Å². The Balaban J connectivity index is 3.04. The number of aliphatic hydroxyl groups excluding tert-OH is 1. The molecule has 0 unspecified atom stereocenters. The van der Waals surface area contributed by atoms with Crippen LogP contribution < -0.4 is 5.73 Å². The fraction of sp³-hybridized carbons (Fsp3) is 0.286. The smallest absolute Gasteiger partial charge is 0.129 e.